The Bertz CT molecular complexity index is 334. The lowest BCUT2D eigenvalue weighted by Gasteiger charge is -2.11. The summed E-state index contributed by atoms with van der Waals surface area (Å²) >= 11 is 0. The second-order valence-corrected chi connectivity index (χ2v) is 4.35. The van der Waals surface area contributed by atoms with Crippen LogP contribution >= 0.6 is 0 Å². The summed E-state index contributed by atoms with van der Waals surface area (Å²) in [6, 6.07) is 4.38. The summed E-state index contributed by atoms with van der Waals surface area (Å²) in [7, 11) is 1.72. The molecule has 0 aromatic heterocycles. The van der Waals surface area contributed by atoms with E-state index in [9.17, 15) is 0 Å². The lowest BCUT2D eigenvalue weighted by molar-refractivity contribution is 0.411. The second kappa shape index (κ2) is 6.54. The number of rotatable bonds is 6. The fraction of sp³-hybridized carbons (Fsp3) is 0.571. The van der Waals surface area contributed by atoms with Crippen molar-refractivity contribution in [1.82, 2.24) is 0 Å². The Labute approximate surface area is 98.8 Å². The third-order valence-electron chi connectivity index (χ3n) is 3.00. The Balaban J connectivity index is 2.63. The van der Waals surface area contributed by atoms with Crippen molar-refractivity contribution in [2.75, 3.05) is 13.7 Å². The molecule has 0 atom stereocenters. The Hall–Kier alpha value is -1.02. The van der Waals surface area contributed by atoms with E-state index in [0.29, 0.717) is 0 Å². The molecule has 0 aliphatic rings. The molecule has 0 unspecified atom stereocenters. The molecule has 0 heterocycles. The number of benzene rings is 1. The van der Waals surface area contributed by atoms with Crippen molar-refractivity contribution in [3.05, 3.63) is 28.8 Å². The highest BCUT2D eigenvalue weighted by Gasteiger charge is 2.04. The van der Waals surface area contributed by atoms with E-state index in [2.05, 4.69) is 26.0 Å². The first-order valence-corrected chi connectivity index (χ1v) is 6.03. The third-order valence-corrected chi connectivity index (χ3v) is 3.00. The summed E-state index contributed by atoms with van der Waals surface area (Å²) in [6.45, 7) is 5.06. The van der Waals surface area contributed by atoms with Gasteiger partial charge in [0.05, 0.1) is 7.11 Å². The van der Waals surface area contributed by atoms with E-state index in [0.717, 1.165) is 25.1 Å². The zero-order valence-electron chi connectivity index (χ0n) is 10.7. The summed E-state index contributed by atoms with van der Waals surface area (Å²) in [5.74, 6) is 0.989. The number of hydrogen-bond acceptors (Lipinski definition) is 2. The molecule has 0 saturated heterocycles. The van der Waals surface area contributed by atoms with Gasteiger partial charge >= 0.3 is 0 Å². The van der Waals surface area contributed by atoms with Gasteiger partial charge in [0.15, 0.2) is 0 Å². The summed E-state index contributed by atoms with van der Waals surface area (Å²) in [5.41, 5.74) is 9.48. The minimum absolute atomic E-state index is 0.806. The summed E-state index contributed by atoms with van der Waals surface area (Å²) in [4.78, 5) is 0. The first kappa shape index (κ1) is 13.0. The quantitative estimate of drug-likeness (QED) is 0.749. The Morgan fingerprint density at radius 3 is 2.44 bits per heavy atom. The van der Waals surface area contributed by atoms with Crippen LogP contribution in [0.4, 0.5) is 0 Å². The normalized spacial score (nSPS) is 10.5. The van der Waals surface area contributed by atoms with Gasteiger partial charge in [-0.05, 0) is 62.4 Å². The van der Waals surface area contributed by atoms with Gasteiger partial charge in [0.1, 0.15) is 5.75 Å². The second-order valence-electron chi connectivity index (χ2n) is 4.35. The Kier molecular flexibility index (Phi) is 5.33. The molecule has 0 aliphatic carbocycles. The number of hydrogen-bond donors (Lipinski definition) is 1. The van der Waals surface area contributed by atoms with Crippen LogP contribution in [0.1, 0.15) is 36.0 Å². The fourth-order valence-corrected chi connectivity index (χ4v) is 1.98. The van der Waals surface area contributed by atoms with Crippen LogP contribution in [0.5, 0.6) is 5.75 Å². The van der Waals surface area contributed by atoms with Gasteiger partial charge in [-0.1, -0.05) is 12.5 Å². The molecule has 0 bridgehead atoms. The average Bonchev–Trinajstić information content (AvgIpc) is 2.28. The standard InChI is InChI=1S/C14H23NO/c1-11-10-14(16-3)12(2)9-13(11)7-5-4-6-8-15/h9-10H,4-8,15H2,1-3H3. The molecular formula is C14H23NO. The predicted octanol–water partition coefficient (Wildman–Crippen LogP) is 2.98. The van der Waals surface area contributed by atoms with Crippen LogP contribution in [0.15, 0.2) is 12.1 Å². The van der Waals surface area contributed by atoms with Crippen LogP contribution in [0.2, 0.25) is 0 Å². The first-order valence-electron chi connectivity index (χ1n) is 6.03. The van der Waals surface area contributed by atoms with Gasteiger partial charge in [-0.2, -0.15) is 0 Å². The van der Waals surface area contributed by atoms with Gasteiger partial charge in [0, 0.05) is 0 Å². The van der Waals surface area contributed by atoms with Gasteiger partial charge in [-0.15, -0.1) is 0 Å². The molecule has 2 heteroatoms. The monoisotopic (exact) mass is 221 g/mol. The molecule has 0 aliphatic heterocycles. The minimum Gasteiger partial charge on any atom is -0.496 e. The molecule has 2 N–H and O–H groups in total. The van der Waals surface area contributed by atoms with Gasteiger partial charge in [0.25, 0.3) is 0 Å². The largest absolute Gasteiger partial charge is 0.496 e. The molecule has 0 amide bonds. The van der Waals surface area contributed by atoms with Crippen LogP contribution in [-0.2, 0) is 6.42 Å². The van der Waals surface area contributed by atoms with Gasteiger partial charge in [-0.3, -0.25) is 0 Å². The molecule has 90 valence electrons. The molecule has 16 heavy (non-hydrogen) atoms. The maximum atomic E-state index is 5.48. The molecule has 1 aromatic rings. The molecule has 0 fully saturated rings. The van der Waals surface area contributed by atoms with Crippen molar-refractivity contribution in [3.63, 3.8) is 0 Å². The molecule has 1 rings (SSSR count). The lowest BCUT2D eigenvalue weighted by Crippen LogP contribution is -1.99. The van der Waals surface area contributed by atoms with Crippen LogP contribution in [0, 0.1) is 13.8 Å². The first-order chi connectivity index (χ1) is 7.69. The van der Waals surface area contributed by atoms with E-state index < -0.39 is 0 Å². The van der Waals surface area contributed by atoms with Crippen LogP contribution in [0.25, 0.3) is 0 Å². The number of nitrogens with two attached hydrogens (primary N) is 1. The highest BCUT2D eigenvalue weighted by molar-refractivity contribution is 5.41. The summed E-state index contributed by atoms with van der Waals surface area (Å²) in [6.07, 6.45) is 4.73. The molecular weight excluding hydrogens is 198 g/mol. The smallest absolute Gasteiger partial charge is 0.122 e. The highest BCUT2D eigenvalue weighted by Crippen LogP contribution is 2.23. The van der Waals surface area contributed by atoms with E-state index in [-0.39, 0.29) is 0 Å². The van der Waals surface area contributed by atoms with E-state index in [4.69, 9.17) is 10.5 Å². The van der Waals surface area contributed by atoms with E-state index in [1.165, 1.54) is 29.5 Å². The van der Waals surface area contributed by atoms with Gasteiger partial charge < -0.3 is 10.5 Å². The minimum atomic E-state index is 0.806. The van der Waals surface area contributed by atoms with E-state index in [1.54, 1.807) is 7.11 Å². The van der Waals surface area contributed by atoms with Crippen LogP contribution in [-0.4, -0.2) is 13.7 Å². The van der Waals surface area contributed by atoms with E-state index in [1.807, 2.05) is 0 Å². The zero-order valence-corrected chi connectivity index (χ0v) is 10.7. The molecule has 0 spiro atoms. The lowest BCUT2D eigenvalue weighted by atomic mass is 9.99. The van der Waals surface area contributed by atoms with Crippen molar-refractivity contribution < 1.29 is 4.74 Å². The molecule has 0 radical (unpaired) electrons. The van der Waals surface area contributed by atoms with Crippen molar-refractivity contribution in [3.8, 4) is 5.75 Å². The number of ether oxygens (including phenoxy) is 1. The number of methoxy groups -OCH3 is 1. The van der Waals surface area contributed by atoms with Crippen molar-refractivity contribution in [1.29, 1.82) is 0 Å². The molecule has 2 nitrogen and oxygen atoms in total. The van der Waals surface area contributed by atoms with Gasteiger partial charge in [-0.25, -0.2) is 0 Å². The van der Waals surface area contributed by atoms with Crippen molar-refractivity contribution >= 4 is 0 Å². The van der Waals surface area contributed by atoms with Crippen molar-refractivity contribution in [2.24, 2.45) is 5.73 Å². The van der Waals surface area contributed by atoms with Crippen LogP contribution in [0.3, 0.4) is 0 Å². The fourth-order valence-electron chi connectivity index (χ4n) is 1.98. The molecule has 0 saturated carbocycles. The number of unbranched alkanes of at least 4 members (excludes halogenated alkanes) is 2. The predicted molar refractivity (Wildman–Crippen MR) is 69.1 cm³/mol. The Morgan fingerprint density at radius 1 is 1.06 bits per heavy atom. The Morgan fingerprint density at radius 2 is 1.81 bits per heavy atom. The third kappa shape index (κ3) is 3.53. The SMILES string of the molecule is COc1cc(C)c(CCCCCN)cc1C. The highest BCUT2D eigenvalue weighted by atomic mass is 16.5. The summed E-state index contributed by atoms with van der Waals surface area (Å²) in [5, 5.41) is 0. The maximum Gasteiger partial charge on any atom is 0.122 e. The average molecular weight is 221 g/mol. The van der Waals surface area contributed by atoms with Crippen molar-refractivity contribution in [2.45, 2.75) is 39.5 Å². The zero-order chi connectivity index (χ0) is 12.0. The van der Waals surface area contributed by atoms with E-state index >= 15 is 0 Å². The maximum absolute atomic E-state index is 5.48. The van der Waals surface area contributed by atoms with Crippen LogP contribution < -0.4 is 10.5 Å². The molecule has 1 aromatic carbocycles. The van der Waals surface area contributed by atoms with Gasteiger partial charge in [0.2, 0.25) is 0 Å². The summed E-state index contributed by atoms with van der Waals surface area (Å²) < 4.78 is 5.31. The topological polar surface area (TPSA) is 35.2 Å². The number of aryl methyl sites for hydroxylation is 3.